The van der Waals surface area contributed by atoms with Gasteiger partial charge in [-0.05, 0) is 29.3 Å². The van der Waals surface area contributed by atoms with Crippen LogP contribution in [0.3, 0.4) is 0 Å². The molecule has 0 heterocycles. The molecule has 0 spiro atoms. The monoisotopic (exact) mass is 288 g/mol. The van der Waals surface area contributed by atoms with Crippen molar-refractivity contribution >= 4 is 11.6 Å². The zero-order chi connectivity index (χ0) is 14.0. The summed E-state index contributed by atoms with van der Waals surface area (Å²) in [6.07, 6.45) is -4.56. The van der Waals surface area contributed by atoms with E-state index in [0.29, 0.717) is 11.6 Å². The lowest BCUT2D eigenvalue weighted by Gasteiger charge is -2.17. The van der Waals surface area contributed by atoms with Gasteiger partial charge in [0.2, 0.25) is 0 Å². The van der Waals surface area contributed by atoms with Crippen molar-refractivity contribution in [2.24, 2.45) is 0 Å². The maximum Gasteiger partial charge on any atom is 0.416 e. The van der Waals surface area contributed by atoms with E-state index in [1.54, 1.807) is 30.3 Å². The Morgan fingerprint density at radius 3 is 2.16 bits per heavy atom. The molecule has 2 rings (SSSR count). The minimum Gasteiger partial charge on any atom is -0.207 e. The average molecular weight is 289 g/mol. The van der Waals surface area contributed by atoms with E-state index < -0.39 is 22.9 Å². The van der Waals surface area contributed by atoms with Gasteiger partial charge in [-0.25, -0.2) is 4.39 Å². The third kappa shape index (κ3) is 3.07. The molecule has 1 atom stereocenters. The highest BCUT2D eigenvalue weighted by Crippen LogP contribution is 2.39. The Morgan fingerprint density at radius 2 is 1.58 bits per heavy atom. The van der Waals surface area contributed by atoms with Crippen molar-refractivity contribution in [3.63, 3.8) is 0 Å². The summed E-state index contributed by atoms with van der Waals surface area (Å²) in [5, 5.41) is -1.05. The number of halogens is 5. The molecule has 0 amide bonds. The van der Waals surface area contributed by atoms with E-state index in [0.717, 1.165) is 12.1 Å². The standard InChI is InChI=1S/C14H9ClF4/c15-13(9-4-2-1-3-5-9)11-8-10(16)6-7-12(11)14(17,18)19/h1-8,13H. The van der Waals surface area contributed by atoms with Crippen molar-refractivity contribution in [1.29, 1.82) is 0 Å². The second kappa shape index (κ2) is 5.21. The van der Waals surface area contributed by atoms with Gasteiger partial charge in [0.05, 0.1) is 10.9 Å². The highest BCUT2D eigenvalue weighted by Gasteiger charge is 2.35. The van der Waals surface area contributed by atoms with Crippen molar-refractivity contribution in [2.75, 3.05) is 0 Å². The summed E-state index contributed by atoms with van der Waals surface area (Å²) in [5.41, 5.74) is -0.710. The van der Waals surface area contributed by atoms with E-state index in [4.69, 9.17) is 11.6 Å². The molecule has 0 aliphatic carbocycles. The Morgan fingerprint density at radius 1 is 0.947 bits per heavy atom. The van der Waals surface area contributed by atoms with Gasteiger partial charge in [-0.3, -0.25) is 0 Å². The quantitative estimate of drug-likeness (QED) is 0.528. The third-order valence-electron chi connectivity index (χ3n) is 2.68. The maximum absolute atomic E-state index is 13.2. The van der Waals surface area contributed by atoms with Crippen LogP contribution in [0.15, 0.2) is 48.5 Å². The summed E-state index contributed by atoms with van der Waals surface area (Å²) in [6, 6.07) is 10.6. The number of hydrogen-bond acceptors (Lipinski definition) is 0. The predicted octanol–water partition coefficient (Wildman–Crippen LogP) is 5.17. The van der Waals surface area contributed by atoms with E-state index >= 15 is 0 Å². The van der Waals surface area contributed by atoms with Crippen LogP contribution in [-0.4, -0.2) is 0 Å². The fraction of sp³-hybridized carbons (Fsp3) is 0.143. The first kappa shape index (κ1) is 13.9. The van der Waals surface area contributed by atoms with Gasteiger partial charge in [-0.1, -0.05) is 30.3 Å². The van der Waals surface area contributed by atoms with Crippen molar-refractivity contribution in [3.05, 3.63) is 71.0 Å². The molecule has 100 valence electrons. The van der Waals surface area contributed by atoms with E-state index in [1.165, 1.54) is 0 Å². The molecular formula is C14H9ClF4. The first-order valence-corrected chi connectivity index (χ1v) is 5.89. The van der Waals surface area contributed by atoms with Crippen LogP contribution in [0.5, 0.6) is 0 Å². The summed E-state index contributed by atoms with van der Waals surface area (Å²) in [7, 11) is 0. The highest BCUT2D eigenvalue weighted by atomic mass is 35.5. The molecular weight excluding hydrogens is 280 g/mol. The van der Waals surface area contributed by atoms with Crippen molar-refractivity contribution in [1.82, 2.24) is 0 Å². The SMILES string of the molecule is Fc1ccc(C(F)(F)F)c(C(Cl)c2ccccc2)c1. The molecule has 0 aliphatic heterocycles. The van der Waals surface area contributed by atoms with Gasteiger partial charge in [0, 0.05) is 0 Å². The van der Waals surface area contributed by atoms with Gasteiger partial charge >= 0.3 is 6.18 Å². The molecule has 0 saturated heterocycles. The Kier molecular flexibility index (Phi) is 3.80. The minimum atomic E-state index is -4.56. The normalized spacial score (nSPS) is 13.3. The predicted molar refractivity (Wildman–Crippen MR) is 65.5 cm³/mol. The van der Waals surface area contributed by atoms with E-state index in [1.807, 2.05) is 0 Å². The second-order valence-electron chi connectivity index (χ2n) is 4.00. The molecule has 0 fully saturated rings. The summed E-state index contributed by atoms with van der Waals surface area (Å²) in [5.74, 6) is -0.746. The zero-order valence-corrected chi connectivity index (χ0v) is 10.3. The van der Waals surface area contributed by atoms with Crippen molar-refractivity contribution in [2.45, 2.75) is 11.6 Å². The molecule has 0 radical (unpaired) electrons. The van der Waals surface area contributed by atoms with Crippen LogP contribution >= 0.6 is 11.6 Å². The first-order chi connectivity index (χ1) is 8.89. The highest BCUT2D eigenvalue weighted by molar-refractivity contribution is 6.22. The molecule has 0 N–H and O–H groups in total. The smallest absolute Gasteiger partial charge is 0.207 e. The molecule has 0 aromatic heterocycles. The Labute approximate surface area is 112 Å². The molecule has 5 heteroatoms. The van der Waals surface area contributed by atoms with E-state index in [2.05, 4.69) is 0 Å². The maximum atomic E-state index is 13.2. The first-order valence-electron chi connectivity index (χ1n) is 5.45. The van der Waals surface area contributed by atoms with E-state index in [9.17, 15) is 17.6 Å². The van der Waals surface area contributed by atoms with E-state index in [-0.39, 0.29) is 5.56 Å². The topological polar surface area (TPSA) is 0 Å². The van der Waals surface area contributed by atoms with Crippen molar-refractivity contribution < 1.29 is 17.6 Å². The number of rotatable bonds is 2. The lowest BCUT2D eigenvalue weighted by molar-refractivity contribution is -0.138. The van der Waals surface area contributed by atoms with Crippen LogP contribution in [0.2, 0.25) is 0 Å². The second-order valence-corrected chi connectivity index (χ2v) is 4.44. The molecule has 2 aromatic rings. The van der Waals surface area contributed by atoms with Gasteiger partial charge in [0.1, 0.15) is 5.82 Å². The summed E-state index contributed by atoms with van der Waals surface area (Å²) < 4.78 is 51.8. The Bertz CT molecular complexity index is 563. The average Bonchev–Trinajstić information content (AvgIpc) is 2.37. The Hall–Kier alpha value is -1.55. The van der Waals surface area contributed by atoms with Gasteiger partial charge in [-0.15, -0.1) is 11.6 Å². The number of benzene rings is 2. The van der Waals surface area contributed by atoms with Crippen LogP contribution < -0.4 is 0 Å². The molecule has 1 unspecified atom stereocenters. The number of hydrogen-bond donors (Lipinski definition) is 0. The summed E-state index contributed by atoms with van der Waals surface area (Å²) in [6.45, 7) is 0. The third-order valence-corrected chi connectivity index (χ3v) is 3.17. The minimum absolute atomic E-state index is 0.277. The molecule has 0 aliphatic rings. The molecule has 0 bridgehead atoms. The number of alkyl halides is 4. The van der Waals surface area contributed by atoms with Crippen LogP contribution in [0.25, 0.3) is 0 Å². The summed E-state index contributed by atoms with van der Waals surface area (Å²) in [4.78, 5) is 0. The summed E-state index contributed by atoms with van der Waals surface area (Å²) >= 11 is 6.05. The van der Waals surface area contributed by atoms with Gasteiger partial charge in [0.25, 0.3) is 0 Å². The van der Waals surface area contributed by atoms with Gasteiger partial charge in [0.15, 0.2) is 0 Å². The van der Waals surface area contributed by atoms with Crippen LogP contribution in [0.4, 0.5) is 17.6 Å². The van der Waals surface area contributed by atoms with Gasteiger partial charge < -0.3 is 0 Å². The zero-order valence-electron chi connectivity index (χ0n) is 9.59. The lowest BCUT2D eigenvalue weighted by atomic mass is 9.98. The molecule has 19 heavy (non-hydrogen) atoms. The van der Waals surface area contributed by atoms with Crippen LogP contribution in [0.1, 0.15) is 22.1 Å². The van der Waals surface area contributed by atoms with Crippen molar-refractivity contribution in [3.8, 4) is 0 Å². The fourth-order valence-corrected chi connectivity index (χ4v) is 2.13. The van der Waals surface area contributed by atoms with Gasteiger partial charge in [-0.2, -0.15) is 13.2 Å². The largest absolute Gasteiger partial charge is 0.416 e. The molecule has 0 nitrogen and oxygen atoms in total. The molecule has 2 aromatic carbocycles. The molecule has 0 saturated carbocycles. The lowest BCUT2D eigenvalue weighted by Crippen LogP contribution is -2.11. The van der Waals surface area contributed by atoms with Crippen LogP contribution in [-0.2, 0) is 6.18 Å². The van der Waals surface area contributed by atoms with Crippen LogP contribution in [0, 0.1) is 5.82 Å². The fourth-order valence-electron chi connectivity index (χ4n) is 1.80. The Balaban J connectivity index is 2.52.